The molecular weight excluding hydrogens is 413 g/mol. The summed E-state index contributed by atoms with van der Waals surface area (Å²) in [5.41, 5.74) is 1.95. The predicted octanol–water partition coefficient (Wildman–Crippen LogP) is 5.21. The maximum Gasteiger partial charge on any atom is 0.474 e. The molecule has 2 rings (SSSR count). The normalized spacial score (nSPS) is 13.2. The molecule has 1 N–H and O–H groups in total. The van der Waals surface area contributed by atoms with Crippen LogP contribution in [0.25, 0.3) is 10.9 Å². The molecule has 0 aliphatic carbocycles. The number of benzene rings is 1. The molecule has 0 unspecified atom stereocenters. The van der Waals surface area contributed by atoms with Gasteiger partial charge in [-0.25, -0.2) is 4.57 Å². The van der Waals surface area contributed by atoms with Gasteiger partial charge < -0.3 is 10.2 Å². The van der Waals surface area contributed by atoms with Gasteiger partial charge in [0.2, 0.25) is 0 Å². The van der Waals surface area contributed by atoms with Crippen molar-refractivity contribution in [3.8, 4) is 0 Å². The number of pyridine rings is 1. The summed E-state index contributed by atoms with van der Waals surface area (Å²) >= 11 is 6.06. The number of nitrogens with one attached hydrogen (secondary N) is 1. The van der Waals surface area contributed by atoms with Crippen molar-refractivity contribution in [2.24, 2.45) is 0 Å². The summed E-state index contributed by atoms with van der Waals surface area (Å²) in [4.78, 5) is 6.64. The molecule has 9 heteroatoms. The first-order valence-electron chi connectivity index (χ1n) is 9.80. The van der Waals surface area contributed by atoms with Gasteiger partial charge in [0.15, 0.2) is 0 Å². The second-order valence-electron chi connectivity index (χ2n) is 6.79. The maximum atomic E-state index is 11.9. The predicted molar refractivity (Wildman–Crippen MR) is 119 cm³/mol. The van der Waals surface area contributed by atoms with Crippen LogP contribution in [0, 0.1) is 0 Å². The van der Waals surface area contributed by atoms with Crippen molar-refractivity contribution in [3.05, 3.63) is 35.5 Å². The maximum absolute atomic E-state index is 11.9. The minimum absolute atomic E-state index is 0.298. The second kappa shape index (κ2) is 11.8. The van der Waals surface area contributed by atoms with Gasteiger partial charge in [0.25, 0.3) is 0 Å². The Bertz CT molecular complexity index is 815. The summed E-state index contributed by atoms with van der Waals surface area (Å²) in [5, 5.41) is 5.33. The van der Waals surface area contributed by atoms with Gasteiger partial charge in [-0.3, -0.25) is 18.6 Å². The van der Waals surface area contributed by atoms with Crippen molar-refractivity contribution >= 4 is 36.0 Å². The number of anilines is 1. The van der Waals surface area contributed by atoms with Gasteiger partial charge in [0, 0.05) is 49.1 Å². The lowest BCUT2D eigenvalue weighted by atomic mass is 10.1. The van der Waals surface area contributed by atoms with Crippen LogP contribution in [0.3, 0.4) is 0 Å². The highest BCUT2D eigenvalue weighted by Crippen LogP contribution is 2.47. The van der Waals surface area contributed by atoms with Crippen molar-refractivity contribution in [2.75, 3.05) is 45.8 Å². The van der Waals surface area contributed by atoms with E-state index in [9.17, 15) is 4.57 Å². The van der Waals surface area contributed by atoms with Crippen molar-refractivity contribution in [3.63, 3.8) is 0 Å². The molecule has 0 saturated carbocycles. The number of phosphoric ester groups is 1. The Morgan fingerprint density at radius 1 is 1.24 bits per heavy atom. The summed E-state index contributed by atoms with van der Waals surface area (Å²) in [6.45, 7) is 7.07. The van der Waals surface area contributed by atoms with E-state index in [0.29, 0.717) is 24.2 Å². The Morgan fingerprint density at radius 2 is 2.00 bits per heavy atom. The van der Waals surface area contributed by atoms with Crippen LogP contribution in [0.15, 0.2) is 30.5 Å². The molecule has 1 atom stereocenters. The van der Waals surface area contributed by atoms with E-state index in [2.05, 4.69) is 29.0 Å². The highest BCUT2D eigenvalue weighted by atomic mass is 35.5. The lowest BCUT2D eigenvalue weighted by Gasteiger charge is -2.23. The topological polar surface area (TPSA) is 72.9 Å². The Kier molecular flexibility index (Phi) is 9.83. The number of nitrogens with zero attached hydrogens (tertiary/aromatic N) is 2. The Morgan fingerprint density at radius 3 is 2.69 bits per heavy atom. The lowest BCUT2D eigenvalue weighted by molar-refractivity contribution is 0.133. The molecule has 2 aromatic rings. The number of likely N-dealkylation sites (N-methyl/N-ethyl adjacent to an activating group) is 1. The third-order valence-electron chi connectivity index (χ3n) is 4.77. The van der Waals surface area contributed by atoms with Crippen molar-refractivity contribution in [1.29, 1.82) is 0 Å². The second-order valence-corrected chi connectivity index (χ2v) is 9.11. The molecular formula is C20H31ClN3O4P. The summed E-state index contributed by atoms with van der Waals surface area (Å²) in [5.74, 6) is 0. The zero-order chi connectivity index (χ0) is 21.3. The molecule has 0 amide bonds. The van der Waals surface area contributed by atoms with E-state index in [-0.39, 0.29) is 0 Å². The molecule has 0 fully saturated rings. The van der Waals surface area contributed by atoms with Crippen LogP contribution in [-0.4, -0.2) is 56.4 Å². The third kappa shape index (κ3) is 7.52. The molecule has 162 valence electrons. The molecule has 0 aliphatic heterocycles. The molecule has 0 spiro atoms. The minimum Gasteiger partial charge on any atom is -0.382 e. The average Bonchev–Trinajstić information content (AvgIpc) is 2.72. The number of halogens is 1. The Balaban J connectivity index is 1.78. The molecule has 29 heavy (non-hydrogen) atoms. The van der Waals surface area contributed by atoms with Crippen LogP contribution in [0.1, 0.15) is 26.7 Å². The number of fused-ring (bicyclic) bond motifs is 1. The summed E-state index contributed by atoms with van der Waals surface area (Å²) in [6, 6.07) is 8.06. The quantitative estimate of drug-likeness (QED) is 0.426. The number of hydrogen-bond donors (Lipinski definition) is 1. The molecule has 0 saturated heterocycles. The summed E-state index contributed by atoms with van der Waals surface area (Å²) in [7, 11) is -0.769. The summed E-state index contributed by atoms with van der Waals surface area (Å²) in [6.07, 6.45) is 3.84. The number of hydrogen-bond acceptors (Lipinski definition) is 7. The average molecular weight is 444 g/mol. The van der Waals surface area contributed by atoms with Gasteiger partial charge >= 0.3 is 7.82 Å². The Hall–Kier alpha value is -1.21. The fourth-order valence-corrected chi connectivity index (χ4v) is 3.93. The zero-order valence-electron chi connectivity index (χ0n) is 17.6. The molecule has 7 nitrogen and oxygen atoms in total. The van der Waals surface area contributed by atoms with Crippen LogP contribution in [0.4, 0.5) is 5.69 Å². The van der Waals surface area contributed by atoms with Crippen LogP contribution in [0.2, 0.25) is 5.02 Å². The number of phosphoric acid groups is 1. The lowest BCUT2D eigenvalue weighted by Crippen LogP contribution is -2.29. The van der Waals surface area contributed by atoms with Gasteiger partial charge in [-0.05, 0) is 57.1 Å². The van der Waals surface area contributed by atoms with E-state index in [1.54, 1.807) is 6.20 Å². The van der Waals surface area contributed by atoms with Crippen LogP contribution < -0.4 is 5.32 Å². The van der Waals surface area contributed by atoms with E-state index in [1.807, 2.05) is 24.3 Å². The van der Waals surface area contributed by atoms with Gasteiger partial charge in [-0.15, -0.1) is 0 Å². The van der Waals surface area contributed by atoms with E-state index in [0.717, 1.165) is 42.5 Å². The minimum atomic E-state index is -3.40. The SMILES string of the molecule is CCN(CCC[C@@H](C)Nc1ccnc2cc(Cl)ccc12)CCOP(=O)(OC)OC. The highest BCUT2D eigenvalue weighted by molar-refractivity contribution is 7.48. The van der Waals surface area contributed by atoms with E-state index in [4.69, 9.17) is 25.2 Å². The largest absolute Gasteiger partial charge is 0.474 e. The standard InChI is InChI=1S/C20H31ClN3O4P/c1-5-24(13-14-28-29(25,26-3)27-4)12-6-7-16(2)23-19-10-11-22-20-15-17(21)8-9-18(19)20/h8-11,15-16H,5-7,12-14H2,1-4H3,(H,22,23)/t16-/m1/s1. The third-order valence-corrected chi connectivity index (χ3v) is 6.40. The van der Waals surface area contributed by atoms with Crippen LogP contribution >= 0.6 is 19.4 Å². The molecule has 1 aromatic carbocycles. The zero-order valence-corrected chi connectivity index (χ0v) is 19.2. The smallest absolute Gasteiger partial charge is 0.382 e. The first-order chi connectivity index (χ1) is 13.9. The van der Waals surface area contributed by atoms with Crippen LogP contribution in [0.5, 0.6) is 0 Å². The van der Waals surface area contributed by atoms with Crippen LogP contribution in [-0.2, 0) is 18.1 Å². The van der Waals surface area contributed by atoms with Crippen molar-refractivity contribution in [1.82, 2.24) is 9.88 Å². The van der Waals surface area contributed by atoms with E-state index < -0.39 is 7.82 Å². The molecule has 0 bridgehead atoms. The molecule has 0 radical (unpaired) electrons. The first-order valence-corrected chi connectivity index (χ1v) is 11.6. The summed E-state index contributed by atoms with van der Waals surface area (Å²) < 4.78 is 26.7. The Labute approximate surface area is 178 Å². The van der Waals surface area contributed by atoms with Crippen molar-refractivity contribution < 1.29 is 18.1 Å². The number of rotatable bonds is 13. The molecule has 0 aliphatic rings. The van der Waals surface area contributed by atoms with E-state index >= 15 is 0 Å². The van der Waals surface area contributed by atoms with Gasteiger partial charge in [0.05, 0.1) is 12.1 Å². The highest BCUT2D eigenvalue weighted by Gasteiger charge is 2.22. The van der Waals surface area contributed by atoms with Crippen molar-refractivity contribution in [2.45, 2.75) is 32.7 Å². The monoisotopic (exact) mass is 443 g/mol. The fraction of sp³-hybridized carbons (Fsp3) is 0.550. The van der Waals surface area contributed by atoms with Gasteiger partial charge in [-0.1, -0.05) is 18.5 Å². The first kappa shape index (κ1) is 24.1. The van der Waals surface area contributed by atoms with E-state index in [1.165, 1.54) is 14.2 Å². The number of aromatic nitrogens is 1. The molecule has 1 heterocycles. The molecule has 1 aromatic heterocycles. The van der Waals surface area contributed by atoms with Gasteiger partial charge in [-0.2, -0.15) is 0 Å². The fourth-order valence-electron chi connectivity index (χ4n) is 3.10. The van der Waals surface area contributed by atoms with Gasteiger partial charge in [0.1, 0.15) is 0 Å².